The monoisotopic (exact) mass is 346 g/mol. The highest BCUT2D eigenvalue weighted by Crippen LogP contribution is 2.37. The van der Waals surface area contributed by atoms with Crippen LogP contribution in [0.3, 0.4) is 0 Å². The van der Waals surface area contributed by atoms with E-state index < -0.39 is 0 Å². The van der Waals surface area contributed by atoms with Gasteiger partial charge in [-0.05, 0) is 55.9 Å². The van der Waals surface area contributed by atoms with Crippen LogP contribution < -0.4 is 5.32 Å². The summed E-state index contributed by atoms with van der Waals surface area (Å²) in [5.74, 6) is 0.820. The summed E-state index contributed by atoms with van der Waals surface area (Å²) in [6, 6.07) is 16.7. The van der Waals surface area contributed by atoms with E-state index in [0.717, 1.165) is 18.0 Å². The number of benzene rings is 2. The molecule has 1 aromatic heterocycles. The van der Waals surface area contributed by atoms with Crippen molar-refractivity contribution in [2.45, 2.75) is 44.8 Å². The van der Waals surface area contributed by atoms with Crippen LogP contribution in [-0.4, -0.2) is 33.7 Å². The molecule has 3 heterocycles. The average Bonchev–Trinajstić information content (AvgIpc) is 3.12. The van der Waals surface area contributed by atoms with Gasteiger partial charge in [0.2, 0.25) is 0 Å². The normalized spacial score (nSPS) is 25.7. The molecule has 2 N–H and O–H groups in total. The van der Waals surface area contributed by atoms with Crippen LogP contribution in [0.4, 0.5) is 5.69 Å². The second kappa shape index (κ2) is 6.44. The van der Waals surface area contributed by atoms with Crippen molar-refractivity contribution >= 4 is 16.6 Å². The molecule has 4 nitrogen and oxygen atoms in total. The first kappa shape index (κ1) is 15.9. The van der Waals surface area contributed by atoms with E-state index in [4.69, 9.17) is 0 Å². The zero-order valence-electron chi connectivity index (χ0n) is 15.3. The van der Waals surface area contributed by atoms with Crippen molar-refractivity contribution < 1.29 is 0 Å². The molecular formula is C22H26N4. The summed E-state index contributed by atoms with van der Waals surface area (Å²) in [5, 5.41) is 12.2. The zero-order chi connectivity index (χ0) is 17.5. The van der Waals surface area contributed by atoms with Gasteiger partial charge in [0.1, 0.15) is 0 Å². The maximum Gasteiger partial charge on any atom is 0.0651 e. The highest BCUT2D eigenvalue weighted by molar-refractivity contribution is 5.81. The van der Waals surface area contributed by atoms with E-state index in [1.54, 1.807) is 0 Å². The molecule has 0 radical (unpaired) electrons. The highest BCUT2D eigenvalue weighted by Gasteiger charge is 2.40. The minimum absolute atomic E-state index is 0.539. The summed E-state index contributed by atoms with van der Waals surface area (Å²) in [4.78, 5) is 2.70. The van der Waals surface area contributed by atoms with Gasteiger partial charge in [0.25, 0.3) is 0 Å². The molecule has 2 aromatic carbocycles. The van der Waals surface area contributed by atoms with Crippen LogP contribution in [0.1, 0.15) is 30.4 Å². The molecule has 0 spiro atoms. The minimum Gasteiger partial charge on any atom is -0.381 e. The Hall–Kier alpha value is -2.33. The van der Waals surface area contributed by atoms with Crippen LogP contribution in [0.2, 0.25) is 0 Å². The third kappa shape index (κ3) is 2.99. The summed E-state index contributed by atoms with van der Waals surface area (Å²) in [6.45, 7) is 4.47. The van der Waals surface area contributed by atoms with Gasteiger partial charge < -0.3 is 5.32 Å². The maximum atomic E-state index is 4.13. The van der Waals surface area contributed by atoms with E-state index in [1.165, 1.54) is 48.0 Å². The lowest BCUT2D eigenvalue weighted by molar-refractivity contribution is 0.0323. The Morgan fingerprint density at radius 3 is 2.88 bits per heavy atom. The summed E-state index contributed by atoms with van der Waals surface area (Å²) in [7, 11) is 0. The molecule has 0 amide bonds. The van der Waals surface area contributed by atoms with Crippen molar-refractivity contribution in [1.82, 2.24) is 15.1 Å². The molecule has 3 fully saturated rings. The Kier molecular flexibility index (Phi) is 3.93. The predicted octanol–water partition coefficient (Wildman–Crippen LogP) is 4.34. The van der Waals surface area contributed by atoms with Gasteiger partial charge in [-0.2, -0.15) is 5.10 Å². The summed E-state index contributed by atoms with van der Waals surface area (Å²) in [6.07, 6.45) is 5.88. The van der Waals surface area contributed by atoms with E-state index in [9.17, 15) is 0 Å². The molecule has 26 heavy (non-hydrogen) atoms. The van der Waals surface area contributed by atoms with Crippen LogP contribution in [0, 0.1) is 12.8 Å². The second-order valence-electron chi connectivity index (χ2n) is 8.08. The number of aryl methyl sites for hydroxylation is 1. The molecule has 4 heteroatoms. The lowest BCUT2D eigenvalue weighted by atomic mass is 9.76. The second-order valence-corrected chi connectivity index (χ2v) is 8.08. The van der Waals surface area contributed by atoms with Gasteiger partial charge >= 0.3 is 0 Å². The van der Waals surface area contributed by atoms with Gasteiger partial charge in [-0.15, -0.1) is 0 Å². The number of piperidine rings is 2. The molecule has 3 aromatic rings. The number of aromatic amines is 1. The number of anilines is 1. The molecule has 3 aliphatic rings. The van der Waals surface area contributed by atoms with Crippen LogP contribution in [0.5, 0.6) is 0 Å². The fourth-order valence-corrected chi connectivity index (χ4v) is 4.82. The van der Waals surface area contributed by atoms with Crippen molar-refractivity contribution in [2.75, 3.05) is 11.9 Å². The van der Waals surface area contributed by atoms with Gasteiger partial charge in [0.05, 0.1) is 11.7 Å². The van der Waals surface area contributed by atoms with Crippen molar-refractivity contribution in [3.8, 4) is 0 Å². The number of rotatable bonds is 4. The Morgan fingerprint density at radius 1 is 1.15 bits per heavy atom. The SMILES string of the molecule is Cc1ccc(CN2CC3CCC2C(Nc2ccc4[nH]ncc4c2)C3)cc1. The third-order valence-electron chi connectivity index (χ3n) is 6.18. The molecule has 3 atom stereocenters. The van der Waals surface area contributed by atoms with Gasteiger partial charge in [0, 0.05) is 36.2 Å². The topological polar surface area (TPSA) is 44.0 Å². The zero-order valence-corrected chi connectivity index (χ0v) is 15.3. The Bertz CT molecular complexity index is 898. The standard InChI is InChI=1S/C22H26N4/c1-15-2-4-16(5-3-15)13-26-14-17-6-9-22(26)21(10-17)24-19-7-8-20-18(11-19)12-23-25-20/h2-5,7-8,11-12,17,21-22,24H,6,9-10,13-14H2,1H3,(H,23,25). The molecule has 1 aliphatic carbocycles. The van der Waals surface area contributed by atoms with Gasteiger partial charge in [0.15, 0.2) is 0 Å². The number of hydrogen-bond acceptors (Lipinski definition) is 3. The fourth-order valence-electron chi connectivity index (χ4n) is 4.82. The first-order valence-corrected chi connectivity index (χ1v) is 9.74. The molecule has 2 saturated heterocycles. The third-order valence-corrected chi connectivity index (χ3v) is 6.18. The molecule has 3 unspecified atom stereocenters. The van der Waals surface area contributed by atoms with Crippen molar-refractivity contribution in [1.29, 1.82) is 0 Å². The molecule has 6 rings (SSSR count). The van der Waals surface area contributed by atoms with Crippen molar-refractivity contribution in [3.63, 3.8) is 0 Å². The smallest absolute Gasteiger partial charge is 0.0651 e. The number of fused-ring (bicyclic) bond motifs is 4. The lowest BCUT2D eigenvalue weighted by Crippen LogP contribution is -2.57. The first-order chi connectivity index (χ1) is 12.7. The Morgan fingerprint density at radius 2 is 2.04 bits per heavy atom. The van der Waals surface area contributed by atoms with Crippen molar-refractivity contribution in [2.24, 2.45) is 5.92 Å². The molecule has 2 aliphatic heterocycles. The molecule has 134 valence electrons. The van der Waals surface area contributed by atoms with E-state index >= 15 is 0 Å². The van der Waals surface area contributed by atoms with Crippen LogP contribution >= 0.6 is 0 Å². The quantitative estimate of drug-likeness (QED) is 0.739. The van der Waals surface area contributed by atoms with Gasteiger partial charge in [-0.3, -0.25) is 10.00 Å². The van der Waals surface area contributed by atoms with E-state index in [0.29, 0.717) is 12.1 Å². The lowest BCUT2D eigenvalue weighted by Gasteiger charge is -2.50. The van der Waals surface area contributed by atoms with E-state index in [-0.39, 0.29) is 0 Å². The fraction of sp³-hybridized carbons (Fsp3) is 0.409. The van der Waals surface area contributed by atoms with Crippen LogP contribution in [0.15, 0.2) is 48.7 Å². The largest absolute Gasteiger partial charge is 0.381 e. The van der Waals surface area contributed by atoms with Gasteiger partial charge in [-0.25, -0.2) is 0 Å². The summed E-state index contributed by atoms with van der Waals surface area (Å²) < 4.78 is 0. The predicted molar refractivity (Wildman–Crippen MR) is 106 cm³/mol. The molecule has 1 saturated carbocycles. The van der Waals surface area contributed by atoms with Crippen molar-refractivity contribution in [3.05, 3.63) is 59.8 Å². The Balaban J connectivity index is 1.33. The minimum atomic E-state index is 0.539. The maximum absolute atomic E-state index is 4.13. The van der Waals surface area contributed by atoms with E-state index in [2.05, 4.69) is 69.8 Å². The summed E-state index contributed by atoms with van der Waals surface area (Å²) in [5.41, 5.74) is 5.08. The number of nitrogens with one attached hydrogen (secondary N) is 2. The number of H-pyrrole nitrogens is 1. The first-order valence-electron chi connectivity index (χ1n) is 9.74. The number of nitrogens with zero attached hydrogens (tertiary/aromatic N) is 2. The number of hydrogen-bond donors (Lipinski definition) is 2. The van der Waals surface area contributed by atoms with E-state index in [1.807, 2.05) is 6.20 Å². The number of aromatic nitrogens is 2. The van der Waals surface area contributed by atoms with Gasteiger partial charge in [-0.1, -0.05) is 29.8 Å². The highest BCUT2D eigenvalue weighted by atomic mass is 15.2. The molecule has 2 bridgehead atoms. The average molecular weight is 346 g/mol. The van der Waals surface area contributed by atoms with Crippen LogP contribution in [-0.2, 0) is 6.54 Å². The van der Waals surface area contributed by atoms with Crippen LogP contribution in [0.25, 0.3) is 10.9 Å². The Labute approximate surface area is 154 Å². The molecular weight excluding hydrogens is 320 g/mol. The summed E-state index contributed by atoms with van der Waals surface area (Å²) >= 11 is 0.